The summed E-state index contributed by atoms with van der Waals surface area (Å²) in [6.07, 6.45) is 14.9. The number of hydrogen-bond acceptors (Lipinski definition) is 8. The van der Waals surface area contributed by atoms with Gasteiger partial charge in [0.2, 0.25) is 0 Å². The van der Waals surface area contributed by atoms with Gasteiger partial charge in [-0.1, -0.05) is 72.8 Å². The number of hydrogen-bond donors (Lipinski definition) is 2. The third kappa shape index (κ3) is 5.98. The fourth-order valence-corrected chi connectivity index (χ4v) is 9.95. The van der Waals surface area contributed by atoms with Gasteiger partial charge in [-0.15, -0.1) is 0 Å². The molecule has 0 amide bonds. The van der Waals surface area contributed by atoms with Gasteiger partial charge in [-0.05, 0) is 96.1 Å². The van der Waals surface area contributed by atoms with Crippen LogP contribution in [0.5, 0.6) is 0 Å². The zero-order valence-electron chi connectivity index (χ0n) is 35.7. The van der Waals surface area contributed by atoms with E-state index < -0.39 is 0 Å². The van der Waals surface area contributed by atoms with Gasteiger partial charge in [0.25, 0.3) is 0 Å². The summed E-state index contributed by atoms with van der Waals surface area (Å²) in [6.45, 7) is 0. The SMILES string of the molecule is O=C1c2ccccc2C(=O)c2cc(-c3c4nc(c(-c5ccc6c(c5)C(=O)c5ccccc5C6=O)c5ccc([nH]5)c(-c5cccnc5)c5nc(c(-c6cccnc6)c6ccc3[nH]6)C=C5)C=C4)ccc21. The predicted octanol–water partition coefficient (Wildman–Crippen LogP) is 11.7. The largest absolute Gasteiger partial charge is 0.354 e. The van der Waals surface area contributed by atoms with Crippen LogP contribution in [0.1, 0.15) is 86.5 Å². The maximum Gasteiger partial charge on any atom is 0.194 e. The molecular formula is C58H32N6O4. The zero-order chi connectivity index (χ0) is 45.6. The van der Waals surface area contributed by atoms with Crippen molar-refractivity contribution < 1.29 is 19.2 Å². The van der Waals surface area contributed by atoms with Gasteiger partial charge >= 0.3 is 0 Å². The number of aromatic nitrogens is 6. The van der Waals surface area contributed by atoms with Crippen LogP contribution in [0, 0.1) is 0 Å². The van der Waals surface area contributed by atoms with Crippen molar-refractivity contribution in [2.24, 2.45) is 0 Å². The highest BCUT2D eigenvalue weighted by Crippen LogP contribution is 2.41. The fourth-order valence-electron chi connectivity index (χ4n) is 9.95. The zero-order valence-corrected chi connectivity index (χ0v) is 35.7. The number of nitrogens with one attached hydrogen (secondary N) is 2. The first-order chi connectivity index (χ1) is 33.4. The van der Waals surface area contributed by atoms with Crippen LogP contribution in [0.2, 0.25) is 0 Å². The highest BCUT2D eigenvalue weighted by molar-refractivity contribution is 6.29. The van der Waals surface area contributed by atoms with Crippen LogP contribution in [0.4, 0.5) is 0 Å². The lowest BCUT2D eigenvalue weighted by molar-refractivity contribution is 0.0979. The van der Waals surface area contributed by atoms with Gasteiger partial charge in [-0.3, -0.25) is 29.1 Å². The minimum atomic E-state index is -0.233. The van der Waals surface area contributed by atoms with E-state index in [1.807, 2.05) is 97.4 Å². The molecule has 0 fully saturated rings. The Kier molecular flexibility index (Phi) is 8.58. The first-order valence-corrected chi connectivity index (χ1v) is 22.0. The van der Waals surface area contributed by atoms with Crippen LogP contribution in [0.3, 0.4) is 0 Å². The highest BCUT2D eigenvalue weighted by Gasteiger charge is 2.32. The normalized spacial score (nSPS) is 13.3. The third-order valence-corrected chi connectivity index (χ3v) is 13.1. The summed E-state index contributed by atoms with van der Waals surface area (Å²) in [5, 5.41) is 0. The second kappa shape index (κ2) is 15.0. The Morgan fingerprint density at radius 2 is 0.632 bits per heavy atom. The number of fused-ring (bicyclic) bond motifs is 12. The van der Waals surface area contributed by atoms with Gasteiger partial charge in [0, 0.05) is 125 Å². The number of ketones is 4. The van der Waals surface area contributed by atoms with Gasteiger partial charge in [-0.2, -0.15) is 0 Å². The Morgan fingerprint density at radius 3 is 0.971 bits per heavy atom. The van der Waals surface area contributed by atoms with Crippen molar-refractivity contribution in [3.05, 3.63) is 226 Å². The number of pyridine rings is 2. The van der Waals surface area contributed by atoms with Crippen LogP contribution in [-0.4, -0.2) is 53.0 Å². The van der Waals surface area contributed by atoms with E-state index in [-0.39, 0.29) is 23.1 Å². The van der Waals surface area contributed by atoms with Gasteiger partial charge in [0.1, 0.15) is 0 Å². The molecule has 8 bridgehead atoms. The third-order valence-electron chi connectivity index (χ3n) is 13.1. The minimum Gasteiger partial charge on any atom is -0.354 e. The van der Waals surface area contributed by atoms with Crippen molar-refractivity contribution in [3.8, 4) is 44.5 Å². The Morgan fingerprint density at radius 1 is 0.309 bits per heavy atom. The molecular weight excluding hydrogens is 845 g/mol. The average Bonchev–Trinajstić information content (AvgIpc) is 4.24. The summed E-state index contributed by atoms with van der Waals surface area (Å²) in [5.74, 6) is -0.883. The monoisotopic (exact) mass is 876 g/mol. The Bertz CT molecular complexity index is 3740. The summed E-state index contributed by atoms with van der Waals surface area (Å²) < 4.78 is 0. The summed E-state index contributed by atoms with van der Waals surface area (Å²) in [7, 11) is 0. The summed E-state index contributed by atoms with van der Waals surface area (Å²) >= 11 is 0. The van der Waals surface area contributed by atoms with Crippen molar-refractivity contribution in [1.82, 2.24) is 29.9 Å². The maximum atomic E-state index is 14.2. The van der Waals surface area contributed by atoms with E-state index in [1.165, 1.54) is 0 Å². The molecule has 0 saturated carbocycles. The van der Waals surface area contributed by atoms with E-state index in [0.29, 0.717) is 101 Å². The van der Waals surface area contributed by atoms with E-state index in [0.717, 1.165) is 33.3 Å². The smallest absolute Gasteiger partial charge is 0.194 e. The first-order valence-electron chi connectivity index (χ1n) is 22.0. The molecule has 0 unspecified atom stereocenters. The number of carbonyl (C=O) groups is 4. The van der Waals surface area contributed by atoms with Crippen LogP contribution >= 0.6 is 0 Å². The summed E-state index contributed by atoms with van der Waals surface area (Å²) in [5.41, 5.74) is 14.3. The van der Waals surface area contributed by atoms with Gasteiger partial charge in [0.15, 0.2) is 23.1 Å². The lowest BCUT2D eigenvalue weighted by Gasteiger charge is -2.18. The molecule has 0 atom stereocenters. The van der Waals surface area contributed by atoms with Crippen molar-refractivity contribution in [2.45, 2.75) is 0 Å². The van der Waals surface area contributed by atoms with Crippen molar-refractivity contribution in [1.29, 1.82) is 0 Å². The fraction of sp³-hybridized carbons (Fsp3) is 0. The van der Waals surface area contributed by atoms with Crippen molar-refractivity contribution >= 4 is 69.5 Å². The van der Waals surface area contributed by atoms with E-state index in [2.05, 4.69) is 19.9 Å². The summed E-state index contributed by atoms with van der Waals surface area (Å²) in [6, 6.07) is 40.3. The quantitative estimate of drug-likeness (QED) is 0.177. The van der Waals surface area contributed by atoms with E-state index in [4.69, 9.17) is 9.97 Å². The number of carbonyl (C=O) groups excluding carboxylic acids is 4. The molecule has 7 heterocycles. The molecule has 9 aromatic rings. The molecule has 10 heteroatoms. The average molecular weight is 877 g/mol. The van der Waals surface area contributed by atoms with Crippen molar-refractivity contribution in [2.75, 3.05) is 0 Å². The Hall–Kier alpha value is -9.54. The number of nitrogens with zero attached hydrogens (tertiary/aromatic N) is 4. The second-order valence-electron chi connectivity index (χ2n) is 16.9. The standard InChI is InChI=1S/C58H32N6O4/c65-55-35-9-1-3-11-37(35)57(67)41-27-31(13-15-39(41)55)51-43-17-18-44(61-43)52(32-14-16-40-42(28-32)58(68)38-12-4-2-10-36(38)56(40)66)46-20-22-48(63-46)54(34-8-6-26-60-30-34)50-24-23-49(64-50)53(33-7-5-25-59-29-33)47-21-19-45(51)62-47/h1-30,62-63H. The van der Waals surface area contributed by atoms with Crippen LogP contribution in [0.15, 0.2) is 158 Å². The lowest BCUT2D eigenvalue weighted by atomic mass is 9.82. The predicted molar refractivity (Wildman–Crippen MR) is 263 cm³/mol. The summed E-state index contributed by atoms with van der Waals surface area (Å²) in [4.78, 5) is 83.0. The van der Waals surface area contributed by atoms with E-state index in [1.54, 1.807) is 85.2 Å². The minimum absolute atomic E-state index is 0.208. The Balaban J connectivity index is 1.14. The molecule has 318 valence electrons. The van der Waals surface area contributed by atoms with Crippen molar-refractivity contribution in [3.63, 3.8) is 0 Å². The van der Waals surface area contributed by atoms with Gasteiger partial charge in [0.05, 0.1) is 22.8 Å². The van der Waals surface area contributed by atoms with Crippen LogP contribution in [0.25, 0.3) is 90.9 Å². The maximum absolute atomic E-state index is 14.2. The molecule has 0 radical (unpaired) electrons. The van der Waals surface area contributed by atoms with Crippen LogP contribution in [-0.2, 0) is 0 Å². The number of benzene rings is 4. The molecule has 5 aromatic heterocycles. The molecule has 4 aromatic carbocycles. The Labute approximate surface area is 387 Å². The van der Waals surface area contributed by atoms with Crippen LogP contribution < -0.4 is 0 Å². The molecule has 13 rings (SSSR count). The second-order valence-corrected chi connectivity index (χ2v) is 16.9. The molecule has 10 nitrogen and oxygen atoms in total. The first kappa shape index (κ1) is 38.9. The molecule has 0 saturated heterocycles. The molecule has 4 aliphatic rings. The topological polar surface area (TPSA) is 151 Å². The number of aromatic amines is 2. The number of rotatable bonds is 4. The molecule has 0 spiro atoms. The number of H-pyrrole nitrogens is 2. The molecule has 68 heavy (non-hydrogen) atoms. The van der Waals surface area contributed by atoms with E-state index in [9.17, 15) is 19.2 Å². The lowest BCUT2D eigenvalue weighted by Crippen LogP contribution is -2.20. The molecule has 2 N–H and O–H groups in total. The van der Waals surface area contributed by atoms with Gasteiger partial charge in [-0.25, -0.2) is 9.97 Å². The molecule has 2 aliphatic heterocycles. The highest BCUT2D eigenvalue weighted by atomic mass is 16.1. The molecule has 2 aliphatic carbocycles. The van der Waals surface area contributed by atoms with E-state index >= 15 is 0 Å². The van der Waals surface area contributed by atoms with Gasteiger partial charge < -0.3 is 9.97 Å².